The lowest BCUT2D eigenvalue weighted by atomic mass is 10.1. The van der Waals surface area contributed by atoms with Crippen LogP contribution < -0.4 is 9.64 Å². The Labute approximate surface area is 119 Å². The molecule has 0 saturated heterocycles. The van der Waals surface area contributed by atoms with Crippen LogP contribution >= 0.6 is 0 Å². The molecule has 21 heavy (non-hydrogen) atoms. The summed E-state index contributed by atoms with van der Waals surface area (Å²) in [6, 6.07) is 8.35. The summed E-state index contributed by atoms with van der Waals surface area (Å²) in [5.41, 5.74) is 0.877. The van der Waals surface area contributed by atoms with Gasteiger partial charge in [0.2, 0.25) is 6.10 Å². The van der Waals surface area contributed by atoms with Crippen LogP contribution in [0.1, 0.15) is 10.4 Å². The van der Waals surface area contributed by atoms with Crippen LogP contribution in [0.5, 0.6) is 5.75 Å². The molecular formula is C14H11N3O4. The maximum absolute atomic E-state index is 12.5. The standard InChI is InChI=1S/C14H11N3O4/c18-13(9-5-6-15-16-7-9)17-8-12(14(19)20)21-11-4-2-1-3-10(11)17/h1-7,12H,8H2,(H,19,20). The van der Waals surface area contributed by atoms with Crippen molar-refractivity contribution in [1.29, 1.82) is 0 Å². The van der Waals surface area contributed by atoms with E-state index in [1.165, 1.54) is 23.4 Å². The number of hydrogen-bond donors (Lipinski definition) is 1. The Morgan fingerprint density at radius 2 is 2.05 bits per heavy atom. The smallest absolute Gasteiger partial charge is 0.346 e. The van der Waals surface area contributed by atoms with E-state index in [0.717, 1.165) is 0 Å². The van der Waals surface area contributed by atoms with E-state index in [9.17, 15) is 9.59 Å². The van der Waals surface area contributed by atoms with Crippen LogP contribution in [0.4, 0.5) is 5.69 Å². The summed E-state index contributed by atoms with van der Waals surface area (Å²) < 4.78 is 5.39. The average molecular weight is 285 g/mol. The number of hydrogen-bond acceptors (Lipinski definition) is 5. The Balaban J connectivity index is 2.00. The van der Waals surface area contributed by atoms with Gasteiger partial charge in [0.1, 0.15) is 5.75 Å². The highest BCUT2D eigenvalue weighted by Crippen LogP contribution is 2.33. The summed E-state index contributed by atoms with van der Waals surface area (Å²) in [6.45, 7) is -0.0620. The summed E-state index contributed by atoms with van der Waals surface area (Å²) in [4.78, 5) is 25.1. The normalized spacial score (nSPS) is 16.8. The van der Waals surface area contributed by atoms with Gasteiger partial charge in [0, 0.05) is 0 Å². The second kappa shape index (κ2) is 5.20. The van der Waals surface area contributed by atoms with E-state index in [0.29, 0.717) is 17.0 Å². The third-order valence-electron chi connectivity index (χ3n) is 3.13. The largest absolute Gasteiger partial charge is 0.478 e. The Morgan fingerprint density at radius 3 is 2.76 bits per heavy atom. The fourth-order valence-corrected chi connectivity index (χ4v) is 2.13. The summed E-state index contributed by atoms with van der Waals surface area (Å²) >= 11 is 0. The second-order valence-corrected chi connectivity index (χ2v) is 4.46. The van der Waals surface area contributed by atoms with Crippen molar-refractivity contribution < 1.29 is 19.4 Å². The number of anilines is 1. The predicted molar refractivity (Wildman–Crippen MR) is 72.2 cm³/mol. The molecule has 1 aliphatic heterocycles. The first-order chi connectivity index (χ1) is 10.2. The van der Waals surface area contributed by atoms with E-state index < -0.39 is 12.1 Å². The third kappa shape index (κ3) is 2.40. The molecule has 1 aromatic heterocycles. The Bertz CT molecular complexity index is 690. The zero-order chi connectivity index (χ0) is 14.8. The monoisotopic (exact) mass is 285 g/mol. The fourth-order valence-electron chi connectivity index (χ4n) is 2.13. The van der Waals surface area contributed by atoms with Gasteiger partial charge in [-0.05, 0) is 18.2 Å². The molecular weight excluding hydrogens is 274 g/mol. The van der Waals surface area contributed by atoms with Gasteiger partial charge in [0.05, 0.1) is 30.2 Å². The molecule has 7 heteroatoms. The van der Waals surface area contributed by atoms with Crippen molar-refractivity contribution in [1.82, 2.24) is 10.2 Å². The van der Waals surface area contributed by atoms with Crippen molar-refractivity contribution in [2.75, 3.05) is 11.4 Å². The number of nitrogens with zero attached hydrogens (tertiary/aromatic N) is 3. The van der Waals surface area contributed by atoms with Crippen molar-refractivity contribution in [2.45, 2.75) is 6.10 Å². The lowest BCUT2D eigenvalue weighted by Crippen LogP contribution is -2.47. The van der Waals surface area contributed by atoms with Gasteiger partial charge in [0.15, 0.2) is 0 Å². The molecule has 0 bridgehead atoms. The Kier molecular flexibility index (Phi) is 3.23. The molecule has 2 aromatic rings. The first-order valence-electron chi connectivity index (χ1n) is 6.24. The molecule has 7 nitrogen and oxygen atoms in total. The molecule has 0 radical (unpaired) electrons. The molecule has 1 aliphatic rings. The molecule has 1 N–H and O–H groups in total. The van der Waals surface area contributed by atoms with Crippen molar-refractivity contribution in [2.24, 2.45) is 0 Å². The van der Waals surface area contributed by atoms with E-state index in [2.05, 4.69) is 10.2 Å². The van der Waals surface area contributed by atoms with Gasteiger partial charge in [0.25, 0.3) is 5.91 Å². The van der Waals surface area contributed by atoms with Crippen LogP contribution in [0, 0.1) is 0 Å². The number of fused-ring (bicyclic) bond motifs is 1. The number of carbonyl (C=O) groups excluding carboxylic acids is 1. The van der Waals surface area contributed by atoms with E-state index in [4.69, 9.17) is 9.84 Å². The van der Waals surface area contributed by atoms with E-state index in [-0.39, 0.29) is 12.5 Å². The average Bonchev–Trinajstić information content (AvgIpc) is 2.54. The van der Waals surface area contributed by atoms with Crippen LogP contribution in [-0.2, 0) is 4.79 Å². The summed E-state index contributed by atoms with van der Waals surface area (Å²) in [7, 11) is 0. The van der Waals surface area contributed by atoms with Crippen LogP contribution in [0.15, 0.2) is 42.7 Å². The van der Waals surface area contributed by atoms with Crippen molar-refractivity contribution in [3.05, 3.63) is 48.3 Å². The zero-order valence-electron chi connectivity index (χ0n) is 10.8. The highest BCUT2D eigenvalue weighted by molar-refractivity contribution is 6.07. The number of aliphatic carboxylic acids is 1. The third-order valence-corrected chi connectivity index (χ3v) is 3.13. The first-order valence-corrected chi connectivity index (χ1v) is 6.24. The number of carboxylic acid groups (broad SMARTS) is 1. The van der Waals surface area contributed by atoms with Crippen LogP contribution in [0.25, 0.3) is 0 Å². The minimum absolute atomic E-state index is 0.0620. The number of amides is 1. The molecule has 0 spiro atoms. The molecule has 2 heterocycles. The topological polar surface area (TPSA) is 92.6 Å². The predicted octanol–water partition coefficient (Wildman–Crippen LogP) is 0.969. The fraction of sp³-hybridized carbons (Fsp3) is 0.143. The molecule has 106 valence electrons. The summed E-state index contributed by atoms with van der Waals surface area (Å²) in [6.07, 6.45) is 1.66. The van der Waals surface area contributed by atoms with E-state index in [1.807, 2.05) is 0 Å². The Morgan fingerprint density at radius 1 is 1.24 bits per heavy atom. The number of carbonyl (C=O) groups is 2. The number of para-hydroxylation sites is 2. The summed E-state index contributed by atoms with van der Waals surface area (Å²) in [5.74, 6) is -1.09. The SMILES string of the molecule is O=C(O)C1CN(C(=O)c2ccnnc2)c2ccccc2O1. The number of carboxylic acids is 1. The van der Waals surface area contributed by atoms with Gasteiger partial charge < -0.3 is 14.7 Å². The molecule has 0 fully saturated rings. The van der Waals surface area contributed by atoms with Gasteiger partial charge in [-0.3, -0.25) is 4.79 Å². The zero-order valence-corrected chi connectivity index (χ0v) is 10.8. The number of ether oxygens (including phenoxy) is 1. The minimum atomic E-state index is -1.12. The minimum Gasteiger partial charge on any atom is -0.478 e. The van der Waals surface area contributed by atoms with Gasteiger partial charge in [-0.15, -0.1) is 0 Å². The van der Waals surface area contributed by atoms with Crippen LogP contribution in [0.3, 0.4) is 0 Å². The van der Waals surface area contributed by atoms with Crippen molar-refractivity contribution in [3.8, 4) is 5.75 Å². The van der Waals surface area contributed by atoms with Gasteiger partial charge in [-0.2, -0.15) is 10.2 Å². The van der Waals surface area contributed by atoms with Crippen LogP contribution in [0.2, 0.25) is 0 Å². The lowest BCUT2D eigenvalue weighted by molar-refractivity contribution is -0.144. The Hall–Kier alpha value is -2.96. The quantitative estimate of drug-likeness (QED) is 0.883. The highest BCUT2D eigenvalue weighted by Gasteiger charge is 2.34. The molecule has 0 saturated carbocycles. The lowest BCUT2D eigenvalue weighted by Gasteiger charge is -2.32. The maximum Gasteiger partial charge on any atom is 0.346 e. The van der Waals surface area contributed by atoms with Crippen molar-refractivity contribution >= 4 is 17.6 Å². The first kappa shape index (κ1) is 13.0. The summed E-state index contributed by atoms with van der Waals surface area (Å²) in [5, 5.41) is 16.4. The number of rotatable bonds is 2. The molecule has 1 aromatic carbocycles. The van der Waals surface area contributed by atoms with Gasteiger partial charge in [-0.1, -0.05) is 12.1 Å². The molecule has 1 atom stereocenters. The molecule has 1 amide bonds. The molecule has 1 unspecified atom stereocenters. The number of benzene rings is 1. The maximum atomic E-state index is 12.5. The van der Waals surface area contributed by atoms with Gasteiger partial charge >= 0.3 is 5.97 Å². The number of aromatic nitrogens is 2. The molecule has 3 rings (SSSR count). The van der Waals surface area contributed by atoms with E-state index in [1.54, 1.807) is 24.3 Å². The van der Waals surface area contributed by atoms with Crippen LogP contribution in [-0.4, -0.2) is 39.8 Å². The van der Waals surface area contributed by atoms with Gasteiger partial charge in [-0.25, -0.2) is 4.79 Å². The molecule has 0 aliphatic carbocycles. The second-order valence-electron chi connectivity index (χ2n) is 4.46. The van der Waals surface area contributed by atoms with E-state index >= 15 is 0 Å². The van der Waals surface area contributed by atoms with Crippen molar-refractivity contribution in [3.63, 3.8) is 0 Å². The highest BCUT2D eigenvalue weighted by atomic mass is 16.5.